The Morgan fingerprint density at radius 3 is 2.25 bits per heavy atom. The molecule has 0 spiro atoms. The van der Waals surface area contributed by atoms with Crippen LogP contribution in [0, 0.1) is 12.8 Å². The molecule has 2 fully saturated rings. The Morgan fingerprint density at radius 1 is 0.969 bits per heavy atom. The Balaban J connectivity index is 1.53. The Kier molecular flexibility index (Phi) is 7.89. The summed E-state index contributed by atoms with van der Waals surface area (Å²) in [6.07, 6.45) is 1.90. The number of aryl methyl sites for hydroxylation is 1. The topological polar surface area (TPSA) is 110 Å². The summed E-state index contributed by atoms with van der Waals surface area (Å²) in [5, 5.41) is 0. The first-order valence-corrected chi connectivity index (χ1v) is 12.4. The van der Waals surface area contributed by atoms with Crippen LogP contribution < -0.4 is 0 Å². The Hall–Kier alpha value is -2.46. The molecule has 1 aromatic carbocycles. The van der Waals surface area contributed by atoms with Gasteiger partial charge in [0.2, 0.25) is 10.0 Å². The fourth-order valence-electron chi connectivity index (χ4n) is 4.05. The second-order valence-corrected chi connectivity index (χ2v) is 9.99. The molecule has 1 atom stereocenters. The quantitative estimate of drug-likeness (QED) is 0.560. The van der Waals surface area contributed by atoms with Gasteiger partial charge in [-0.15, -0.1) is 0 Å². The normalized spacial score (nSPS) is 20.2. The third-order valence-electron chi connectivity index (χ3n) is 5.91. The zero-order valence-electron chi connectivity index (χ0n) is 18.5. The molecule has 0 saturated carbocycles. The van der Waals surface area contributed by atoms with Crippen LogP contribution in [-0.2, 0) is 33.9 Å². The van der Waals surface area contributed by atoms with Crippen molar-refractivity contribution in [3.8, 4) is 0 Å². The molecule has 1 amide bonds. The van der Waals surface area contributed by atoms with Gasteiger partial charge in [-0.05, 0) is 51.7 Å². The molecule has 2 saturated heterocycles. The van der Waals surface area contributed by atoms with Crippen molar-refractivity contribution in [1.29, 1.82) is 0 Å². The molecule has 176 valence electrons. The molecular weight excluding hydrogens is 436 g/mol. The van der Waals surface area contributed by atoms with E-state index in [-0.39, 0.29) is 29.2 Å². The molecule has 0 unspecified atom stereocenters. The maximum absolute atomic E-state index is 13.0. The molecule has 10 heteroatoms. The number of nitrogens with zero attached hydrogens (tertiary/aromatic N) is 2. The van der Waals surface area contributed by atoms with Crippen molar-refractivity contribution < 1.29 is 32.3 Å². The van der Waals surface area contributed by atoms with Crippen LogP contribution in [-0.4, -0.2) is 74.4 Å². The summed E-state index contributed by atoms with van der Waals surface area (Å²) in [5.41, 5.74) is 0.936. The van der Waals surface area contributed by atoms with Gasteiger partial charge in [0.05, 0.1) is 17.4 Å². The van der Waals surface area contributed by atoms with E-state index in [1.165, 1.54) is 12.1 Å². The molecule has 0 aromatic heterocycles. The van der Waals surface area contributed by atoms with E-state index in [4.69, 9.17) is 9.47 Å². The highest BCUT2D eigenvalue weighted by Gasteiger charge is 2.40. The lowest BCUT2D eigenvalue weighted by molar-refractivity contribution is -0.156. The number of benzene rings is 1. The lowest BCUT2D eigenvalue weighted by atomic mass is 9.97. The summed E-state index contributed by atoms with van der Waals surface area (Å²) < 4.78 is 37.4. The van der Waals surface area contributed by atoms with Crippen molar-refractivity contribution in [3.63, 3.8) is 0 Å². The molecule has 0 N–H and O–H groups in total. The summed E-state index contributed by atoms with van der Waals surface area (Å²) in [5.74, 6) is -1.54. The van der Waals surface area contributed by atoms with Gasteiger partial charge in [-0.2, -0.15) is 4.31 Å². The van der Waals surface area contributed by atoms with Crippen LogP contribution in [0.5, 0.6) is 0 Å². The third kappa shape index (κ3) is 5.47. The molecule has 0 radical (unpaired) electrons. The largest absolute Gasteiger partial charge is 0.466 e. The minimum absolute atomic E-state index is 0.128. The fourth-order valence-corrected chi connectivity index (χ4v) is 5.70. The van der Waals surface area contributed by atoms with Gasteiger partial charge in [-0.1, -0.05) is 17.7 Å². The molecule has 2 heterocycles. The summed E-state index contributed by atoms with van der Waals surface area (Å²) in [6, 6.07) is 5.52. The van der Waals surface area contributed by atoms with Crippen molar-refractivity contribution in [2.45, 2.75) is 50.5 Å². The zero-order valence-corrected chi connectivity index (χ0v) is 19.3. The standard InChI is InChI=1S/C22H30N2O7S/c1-3-30-21(26)17-10-13-23(14-11-17)20(25)15-31-22(27)19-5-4-12-24(19)32(28,29)18-8-6-16(2)7-9-18/h6-9,17,19H,3-5,10-15H2,1-2H3/t19-/m0/s1. The van der Waals surface area contributed by atoms with E-state index in [9.17, 15) is 22.8 Å². The first-order valence-electron chi connectivity index (χ1n) is 10.9. The second-order valence-electron chi connectivity index (χ2n) is 8.10. The number of sulfonamides is 1. The Morgan fingerprint density at radius 2 is 1.62 bits per heavy atom. The van der Waals surface area contributed by atoms with Crippen molar-refractivity contribution in [1.82, 2.24) is 9.21 Å². The summed E-state index contributed by atoms with van der Waals surface area (Å²) in [4.78, 5) is 38.6. The molecule has 9 nitrogen and oxygen atoms in total. The summed E-state index contributed by atoms with van der Waals surface area (Å²) in [7, 11) is -3.83. The lowest BCUT2D eigenvalue weighted by Gasteiger charge is -2.31. The van der Waals surface area contributed by atoms with Crippen LogP contribution in [0.4, 0.5) is 0 Å². The van der Waals surface area contributed by atoms with E-state index in [2.05, 4.69) is 0 Å². The van der Waals surface area contributed by atoms with Crippen LogP contribution in [0.15, 0.2) is 29.2 Å². The highest BCUT2D eigenvalue weighted by molar-refractivity contribution is 7.89. The molecular formula is C22H30N2O7S. The van der Waals surface area contributed by atoms with Crippen molar-refractivity contribution >= 4 is 27.9 Å². The third-order valence-corrected chi connectivity index (χ3v) is 7.83. The average Bonchev–Trinajstić information content (AvgIpc) is 3.29. The highest BCUT2D eigenvalue weighted by atomic mass is 32.2. The van der Waals surface area contributed by atoms with Gasteiger partial charge in [0.1, 0.15) is 6.04 Å². The van der Waals surface area contributed by atoms with Crippen molar-refractivity contribution in [2.75, 3.05) is 32.8 Å². The van der Waals surface area contributed by atoms with Gasteiger partial charge in [0, 0.05) is 19.6 Å². The van der Waals surface area contributed by atoms with Crippen LogP contribution >= 0.6 is 0 Å². The average molecular weight is 467 g/mol. The van der Waals surface area contributed by atoms with Crippen LogP contribution in [0.25, 0.3) is 0 Å². The van der Waals surface area contributed by atoms with Gasteiger partial charge in [-0.25, -0.2) is 8.42 Å². The minimum atomic E-state index is -3.83. The minimum Gasteiger partial charge on any atom is -0.466 e. The first-order chi connectivity index (χ1) is 15.2. The summed E-state index contributed by atoms with van der Waals surface area (Å²) >= 11 is 0. The number of carbonyl (C=O) groups is 3. The number of likely N-dealkylation sites (tertiary alicyclic amines) is 1. The second kappa shape index (κ2) is 10.4. The number of piperidine rings is 1. The maximum atomic E-state index is 13.0. The summed E-state index contributed by atoms with van der Waals surface area (Å²) in [6.45, 7) is 4.49. The number of carbonyl (C=O) groups excluding carboxylic acids is 3. The number of hydrogen-bond acceptors (Lipinski definition) is 7. The van der Waals surface area contributed by atoms with E-state index in [0.717, 1.165) is 9.87 Å². The predicted molar refractivity (Wildman–Crippen MR) is 115 cm³/mol. The fraction of sp³-hybridized carbons (Fsp3) is 0.591. The monoisotopic (exact) mass is 466 g/mol. The van der Waals surface area contributed by atoms with Crippen LogP contribution in [0.1, 0.15) is 38.2 Å². The van der Waals surface area contributed by atoms with Gasteiger partial charge in [-0.3, -0.25) is 14.4 Å². The first kappa shape index (κ1) is 24.2. The van der Waals surface area contributed by atoms with E-state index < -0.39 is 28.6 Å². The molecule has 2 aliphatic heterocycles. The highest BCUT2D eigenvalue weighted by Crippen LogP contribution is 2.27. The van der Waals surface area contributed by atoms with Crippen LogP contribution in [0.2, 0.25) is 0 Å². The van der Waals surface area contributed by atoms with Gasteiger partial charge >= 0.3 is 11.9 Å². The van der Waals surface area contributed by atoms with Crippen molar-refractivity contribution in [2.24, 2.45) is 5.92 Å². The number of rotatable bonds is 7. The molecule has 0 aliphatic carbocycles. The van der Waals surface area contributed by atoms with E-state index >= 15 is 0 Å². The molecule has 32 heavy (non-hydrogen) atoms. The van der Waals surface area contributed by atoms with E-state index in [1.807, 2.05) is 6.92 Å². The number of ether oxygens (including phenoxy) is 2. The molecule has 2 aliphatic rings. The van der Waals surface area contributed by atoms with Crippen LogP contribution in [0.3, 0.4) is 0 Å². The molecule has 1 aromatic rings. The number of esters is 2. The zero-order chi connectivity index (χ0) is 23.3. The van der Waals surface area contributed by atoms with Crippen molar-refractivity contribution in [3.05, 3.63) is 29.8 Å². The van der Waals surface area contributed by atoms with E-state index in [0.29, 0.717) is 45.4 Å². The van der Waals surface area contributed by atoms with E-state index in [1.54, 1.807) is 24.0 Å². The SMILES string of the molecule is CCOC(=O)C1CCN(C(=O)COC(=O)[C@@H]2CCCN2S(=O)(=O)c2ccc(C)cc2)CC1. The predicted octanol–water partition coefficient (Wildman–Crippen LogP) is 1.49. The Bertz CT molecular complexity index is 938. The molecule has 0 bridgehead atoms. The van der Waals surface area contributed by atoms with Gasteiger partial charge in [0.25, 0.3) is 5.91 Å². The smallest absolute Gasteiger partial charge is 0.324 e. The molecule has 3 rings (SSSR count). The number of amides is 1. The lowest BCUT2D eigenvalue weighted by Crippen LogP contribution is -2.44. The maximum Gasteiger partial charge on any atom is 0.324 e. The number of hydrogen-bond donors (Lipinski definition) is 0. The van der Waals surface area contributed by atoms with Gasteiger partial charge < -0.3 is 14.4 Å². The van der Waals surface area contributed by atoms with Gasteiger partial charge in [0.15, 0.2) is 6.61 Å². The Labute approximate surface area is 188 Å².